The van der Waals surface area contributed by atoms with E-state index >= 15 is 0 Å². The van der Waals surface area contributed by atoms with E-state index in [9.17, 15) is 9.59 Å². The maximum Gasteiger partial charge on any atom is 0.242 e. The molecule has 0 aromatic heterocycles. The average molecular weight is 369 g/mol. The molecule has 0 saturated carbocycles. The van der Waals surface area contributed by atoms with Crippen molar-refractivity contribution in [3.8, 4) is 0 Å². The van der Waals surface area contributed by atoms with Crippen LogP contribution in [0.5, 0.6) is 0 Å². The minimum absolute atomic E-state index is 0.0310. The Bertz CT molecular complexity index is 538. The number of hydrogen-bond donors (Lipinski definition) is 1. The van der Waals surface area contributed by atoms with E-state index in [0.29, 0.717) is 13.0 Å². The fraction of sp³-hybridized carbons (Fsp3) is 0.529. The number of carbonyl (C=O) groups is 2. The lowest BCUT2D eigenvalue weighted by atomic mass is 10.1. The van der Waals surface area contributed by atoms with Crippen molar-refractivity contribution in [3.05, 3.63) is 34.3 Å². The Hall–Kier alpha value is -1.36. The van der Waals surface area contributed by atoms with Crippen LogP contribution in [0.2, 0.25) is 0 Å². The summed E-state index contributed by atoms with van der Waals surface area (Å²) in [5.74, 6) is -0.166. The molecular weight excluding hydrogens is 344 g/mol. The number of benzene rings is 1. The second-order valence-electron chi connectivity index (χ2n) is 6.42. The zero-order valence-electron chi connectivity index (χ0n) is 13.9. The van der Waals surface area contributed by atoms with Crippen molar-refractivity contribution in [1.82, 2.24) is 10.2 Å². The number of nitrogens with zero attached hydrogens (tertiary/aromatic N) is 1. The van der Waals surface area contributed by atoms with Crippen molar-refractivity contribution >= 4 is 27.7 Å². The van der Waals surface area contributed by atoms with Crippen LogP contribution in [0.3, 0.4) is 0 Å². The third kappa shape index (κ3) is 5.79. The molecule has 5 heteroatoms. The summed E-state index contributed by atoms with van der Waals surface area (Å²) in [5, 5.41) is 2.93. The Labute approximate surface area is 141 Å². The first kappa shape index (κ1) is 18.7. The number of hydrogen-bond acceptors (Lipinski definition) is 2. The standard InChI is InChI=1S/C17H25BrN2O2/c1-6-15(21)20(11-13-8-7-9-14(18)10-13)12(2)16(22)19-17(3,4)5/h7-10,12H,6,11H2,1-5H3,(H,19,22). The SMILES string of the molecule is CCC(=O)N(Cc1cccc(Br)c1)C(C)C(=O)NC(C)(C)C. The molecule has 1 aromatic carbocycles. The van der Waals surface area contributed by atoms with E-state index in [1.807, 2.05) is 52.0 Å². The van der Waals surface area contributed by atoms with Gasteiger partial charge >= 0.3 is 0 Å². The normalized spacial score (nSPS) is 12.6. The van der Waals surface area contributed by atoms with Crippen LogP contribution in [0.4, 0.5) is 0 Å². The van der Waals surface area contributed by atoms with Gasteiger partial charge in [-0.3, -0.25) is 9.59 Å². The van der Waals surface area contributed by atoms with Gasteiger partial charge in [0.2, 0.25) is 11.8 Å². The Morgan fingerprint density at radius 1 is 1.32 bits per heavy atom. The molecule has 0 aliphatic carbocycles. The molecule has 0 aliphatic heterocycles. The molecule has 0 saturated heterocycles. The smallest absolute Gasteiger partial charge is 0.242 e. The van der Waals surface area contributed by atoms with Gasteiger partial charge in [0.25, 0.3) is 0 Å². The molecule has 1 unspecified atom stereocenters. The molecule has 1 N–H and O–H groups in total. The predicted octanol–water partition coefficient (Wildman–Crippen LogP) is 3.49. The number of rotatable bonds is 5. The molecule has 1 aromatic rings. The van der Waals surface area contributed by atoms with Gasteiger partial charge in [-0.1, -0.05) is 35.0 Å². The Morgan fingerprint density at radius 3 is 2.45 bits per heavy atom. The van der Waals surface area contributed by atoms with E-state index in [4.69, 9.17) is 0 Å². The first-order chi connectivity index (χ1) is 10.1. The monoisotopic (exact) mass is 368 g/mol. The van der Waals surface area contributed by atoms with Crippen LogP contribution < -0.4 is 5.32 Å². The van der Waals surface area contributed by atoms with E-state index in [1.54, 1.807) is 11.8 Å². The van der Waals surface area contributed by atoms with Crippen LogP contribution in [0, 0.1) is 0 Å². The van der Waals surface area contributed by atoms with Gasteiger partial charge in [0.05, 0.1) is 0 Å². The largest absolute Gasteiger partial charge is 0.350 e. The van der Waals surface area contributed by atoms with Crippen LogP contribution in [0.1, 0.15) is 46.6 Å². The van der Waals surface area contributed by atoms with E-state index in [1.165, 1.54) is 0 Å². The van der Waals surface area contributed by atoms with Gasteiger partial charge in [-0.05, 0) is 45.4 Å². The summed E-state index contributed by atoms with van der Waals surface area (Å²) in [6, 6.07) is 7.27. The highest BCUT2D eigenvalue weighted by molar-refractivity contribution is 9.10. The predicted molar refractivity (Wildman–Crippen MR) is 92.3 cm³/mol. The maximum absolute atomic E-state index is 12.4. The summed E-state index contributed by atoms with van der Waals surface area (Å²) < 4.78 is 0.959. The summed E-state index contributed by atoms with van der Waals surface area (Å²) in [4.78, 5) is 26.2. The van der Waals surface area contributed by atoms with Gasteiger partial charge in [-0.25, -0.2) is 0 Å². The Kier molecular flexibility index (Phi) is 6.60. The molecule has 4 nitrogen and oxygen atoms in total. The summed E-state index contributed by atoms with van der Waals surface area (Å²) in [7, 11) is 0. The molecule has 0 fully saturated rings. The number of nitrogens with one attached hydrogen (secondary N) is 1. The molecule has 0 radical (unpaired) electrons. The van der Waals surface area contributed by atoms with Crippen molar-refractivity contribution in [2.45, 2.75) is 59.2 Å². The van der Waals surface area contributed by atoms with E-state index < -0.39 is 6.04 Å². The highest BCUT2D eigenvalue weighted by Crippen LogP contribution is 2.16. The van der Waals surface area contributed by atoms with Crippen LogP contribution in [-0.2, 0) is 16.1 Å². The van der Waals surface area contributed by atoms with E-state index in [2.05, 4.69) is 21.2 Å². The van der Waals surface area contributed by atoms with Gasteiger partial charge in [0.1, 0.15) is 6.04 Å². The molecular formula is C17H25BrN2O2. The highest BCUT2D eigenvalue weighted by atomic mass is 79.9. The second-order valence-corrected chi connectivity index (χ2v) is 7.34. The fourth-order valence-corrected chi connectivity index (χ4v) is 2.54. The lowest BCUT2D eigenvalue weighted by Crippen LogP contribution is -2.52. The van der Waals surface area contributed by atoms with Gasteiger partial charge in [-0.15, -0.1) is 0 Å². The molecule has 1 rings (SSSR count). The quantitative estimate of drug-likeness (QED) is 0.864. The summed E-state index contributed by atoms with van der Waals surface area (Å²) in [6.07, 6.45) is 0.376. The number of carbonyl (C=O) groups excluding carboxylic acids is 2. The van der Waals surface area contributed by atoms with Gasteiger partial charge in [0, 0.05) is 23.0 Å². The number of amides is 2. The van der Waals surface area contributed by atoms with Gasteiger partial charge < -0.3 is 10.2 Å². The Morgan fingerprint density at radius 2 is 1.95 bits per heavy atom. The third-order valence-corrected chi connectivity index (χ3v) is 3.70. The third-order valence-electron chi connectivity index (χ3n) is 3.21. The molecule has 0 spiro atoms. The Balaban J connectivity index is 2.93. The summed E-state index contributed by atoms with van der Waals surface area (Å²) in [6.45, 7) is 9.79. The van der Waals surface area contributed by atoms with Crippen molar-refractivity contribution in [2.75, 3.05) is 0 Å². The lowest BCUT2D eigenvalue weighted by Gasteiger charge is -2.31. The van der Waals surface area contributed by atoms with Crippen molar-refractivity contribution < 1.29 is 9.59 Å². The second kappa shape index (κ2) is 7.77. The van der Waals surface area contributed by atoms with E-state index in [-0.39, 0.29) is 17.4 Å². The topological polar surface area (TPSA) is 49.4 Å². The summed E-state index contributed by atoms with van der Waals surface area (Å²) >= 11 is 3.43. The highest BCUT2D eigenvalue weighted by Gasteiger charge is 2.27. The van der Waals surface area contributed by atoms with Crippen molar-refractivity contribution in [3.63, 3.8) is 0 Å². The van der Waals surface area contributed by atoms with Gasteiger partial charge in [0.15, 0.2) is 0 Å². The van der Waals surface area contributed by atoms with Crippen LogP contribution in [-0.4, -0.2) is 28.3 Å². The van der Waals surface area contributed by atoms with Gasteiger partial charge in [-0.2, -0.15) is 0 Å². The zero-order chi connectivity index (χ0) is 16.9. The number of halogens is 1. The molecule has 0 bridgehead atoms. The van der Waals surface area contributed by atoms with Crippen molar-refractivity contribution in [2.24, 2.45) is 0 Å². The first-order valence-corrected chi connectivity index (χ1v) is 8.29. The average Bonchev–Trinajstić information content (AvgIpc) is 2.41. The zero-order valence-corrected chi connectivity index (χ0v) is 15.5. The minimum Gasteiger partial charge on any atom is -0.350 e. The molecule has 0 aliphatic rings. The van der Waals surface area contributed by atoms with E-state index in [0.717, 1.165) is 10.0 Å². The van der Waals surface area contributed by atoms with Crippen molar-refractivity contribution in [1.29, 1.82) is 0 Å². The molecule has 1 atom stereocenters. The molecule has 0 heterocycles. The van der Waals surface area contributed by atoms with Crippen LogP contribution >= 0.6 is 15.9 Å². The molecule has 122 valence electrons. The molecule has 2 amide bonds. The maximum atomic E-state index is 12.4. The fourth-order valence-electron chi connectivity index (χ4n) is 2.09. The lowest BCUT2D eigenvalue weighted by molar-refractivity contribution is -0.141. The van der Waals surface area contributed by atoms with Crippen LogP contribution in [0.15, 0.2) is 28.7 Å². The molecule has 22 heavy (non-hydrogen) atoms. The minimum atomic E-state index is -0.509. The van der Waals surface area contributed by atoms with Crippen LogP contribution in [0.25, 0.3) is 0 Å². The first-order valence-electron chi connectivity index (χ1n) is 7.50. The summed E-state index contributed by atoms with van der Waals surface area (Å²) in [5.41, 5.74) is 0.675.